The summed E-state index contributed by atoms with van der Waals surface area (Å²) in [5, 5.41) is 7.81. The molecule has 0 aliphatic heterocycles. The summed E-state index contributed by atoms with van der Waals surface area (Å²) in [6, 6.07) is 10.9. The molecular weight excluding hydrogens is 214 g/mol. The molecule has 2 heteroatoms. The molecular formula is C14H17NS. The highest BCUT2D eigenvalue weighted by Crippen LogP contribution is 2.06. The summed E-state index contributed by atoms with van der Waals surface area (Å²) in [5.74, 6) is 0. The van der Waals surface area contributed by atoms with Crippen LogP contribution in [0.15, 0.2) is 41.1 Å². The van der Waals surface area contributed by atoms with Crippen LogP contribution in [0.25, 0.3) is 0 Å². The quantitative estimate of drug-likeness (QED) is 0.778. The summed E-state index contributed by atoms with van der Waals surface area (Å²) >= 11 is 1.77. The summed E-state index contributed by atoms with van der Waals surface area (Å²) in [6.45, 7) is 4.13. The van der Waals surface area contributed by atoms with Crippen molar-refractivity contribution in [1.29, 1.82) is 0 Å². The summed E-state index contributed by atoms with van der Waals surface area (Å²) in [5.41, 5.74) is 4.11. The molecule has 0 saturated heterocycles. The Bertz CT molecular complexity index is 403. The van der Waals surface area contributed by atoms with Crippen molar-refractivity contribution < 1.29 is 0 Å². The van der Waals surface area contributed by atoms with Gasteiger partial charge in [0.25, 0.3) is 0 Å². The Morgan fingerprint density at radius 3 is 2.56 bits per heavy atom. The average Bonchev–Trinajstić information content (AvgIpc) is 2.80. The van der Waals surface area contributed by atoms with Gasteiger partial charge in [-0.05, 0) is 47.8 Å². The summed E-state index contributed by atoms with van der Waals surface area (Å²) in [4.78, 5) is 0. The van der Waals surface area contributed by atoms with E-state index in [1.807, 2.05) is 0 Å². The minimum atomic E-state index is 0.963. The summed E-state index contributed by atoms with van der Waals surface area (Å²) in [6.07, 6.45) is 1.12. The fraction of sp³-hybridized carbons (Fsp3) is 0.286. The highest BCUT2D eigenvalue weighted by atomic mass is 32.1. The predicted octanol–water partition coefficient (Wildman–Crippen LogP) is 3.39. The van der Waals surface area contributed by atoms with Crippen molar-refractivity contribution in [3.05, 3.63) is 57.8 Å². The van der Waals surface area contributed by atoms with Gasteiger partial charge in [-0.1, -0.05) is 29.8 Å². The molecule has 1 nitrogen and oxygen atoms in total. The molecule has 0 spiro atoms. The van der Waals surface area contributed by atoms with Crippen LogP contribution in [0.2, 0.25) is 0 Å². The van der Waals surface area contributed by atoms with Gasteiger partial charge in [-0.25, -0.2) is 0 Å². The molecule has 2 rings (SSSR count). The molecule has 0 aliphatic rings. The number of benzene rings is 1. The smallest absolute Gasteiger partial charge is 0.0205 e. The largest absolute Gasteiger partial charge is 0.312 e. The first-order valence-electron chi connectivity index (χ1n) is 5.62. The molecule has 0 radical (unpaired) electrons. The van der Waals surface area contributed by atoms with Crippen molar-refractivity contribution in [2.24, 2.45) is 0 Å². The van der Waals surface area contributed by atoms with Crippen molar-refractivity contribution in [3.63, 3.8) is 0 Å². The van der Waals surface area contributed by atoms with Crippen LogP contribution in [0.1, 0.15) is 16.7 Å². The molecule has 0 aliphatic carbocycles. The van der Waals surface area contributed by atoms with Gasteiger partial charge in [-0.15, -0.1) is 0 Å². The van der Waals surface area contributed by atoms with E-state index in [-0.39, 0.29) is 0 Å². The van der Waals surface area contributed by atoms with Crippen molar-refractivity contribution in [2.45, 2.75) is 19.9 Å². The van der Waals surface area contributed by atoms with E-state index in [4.69, 9.17) is 0 Å². The topological polar surface area (TPSA) is 12.0 Å². The van der Waals surface area contributed by atoms with Gasteiger partial charge in [0, 0.05) is 6.54 Å². The molecule has 0 saturated carbocycles. The van der Waals surface area contributed by atoms with Crippen molar-refractivity contribution in [1.82, 2.24) is 5.32 Å². The number of hydrogen-bond acceptors (Lipinski definition) is 2. The van der Waals surface area contributed by atoms with Crippen molar-refractivity contribution in [3.8, 4) is 0 Å². The van der Waals surface area contributed by atoms with E-state index in [2.05, 4.69) is 53.3 Å². The number of thiophene rings is 1. The number of nitrogens with one attached hydrogen (secondary N) is 1. The van der Waals surface area contributed by atoms with Crippen LogP contribution in [0, 0.1) is 6.92 Å². The minimum absolute atomic E-state index is 0.963. The molecule has 1 N–H and O–H groups in total. The van der Waals surface area contributed by atoms with Gasteiger partial charge < -0.3 is 5.32 Å². The van der Waals surface area contributed by atoms with E-state index < -0.39 is 0 Å². The molecule has 0 atom stereocenters. The monoisotopic (exact) mass is 231 g/mol. The van der Waals surface area contributed by atoms with Crippen LogP contribution in [-0.2, 0) is 13.0 Å². The molecule has 1 heterocycles. The fourth-order valence-corrected chi connectivity index (χ4v) is 2.31. The van der Waals surface area contributed by atoms with E-state index in [0.29, 0.717) is 0 Å². The minimum Gasteiger partial charge on any atom is -0.312 e. The maximum Gasteiger partial charge on any atom is 0.0205 e. The first kappa shape index (κ1) is 11.4. The second-order valence-corrected chi connectivity index (χ2v) is 4.82. The SMILES string of the molecule is Cc1ccc(CNCCc2ccsc2)cc1. The van der Waals surface area contributed by atoms with Crippen LogP contribution in [-0.4, -0.2) is 6.54 Å². The lowest BCUT2D eigenvalue weighted by atomic mass is 10.1. The second kappa shape index (κ2) is 5.83. The zero-order valence-corrected chi connectivity index (χ0v) is 10.4. The molecule has 2 aromatic rings. The lowest BCUT2D eigenvalue weighted by molar-refractivity contribution is 0.687. The average molecular weight is 231 g/mol. The predicted molar refractivity (Wildman–Crippen MR) is 70.9 cm³/mol. The third-order valence-electron chi connectivity index (χ3n) is 2.62. The van der Waals surface area contributed by atoms with Crippen LogP contribution in [0.3, 0.4) is 0 Å². The van der Waals surface area contributed by atoms with E-state index >= 15 is 0 Å². The van der Waals surface area contributed by atoms with Crippen LogP contribution in [0.4, 0.5) is 0 Å². The van der Waals surface area contributed by atoms with E-state index in [1.165, 1.54) is 16.7 Å². The first-order valence-corrected chi connectivity index (χ1v) is 6.56. The first-order chi connectivity index (χ1) is 7.84. The standard InChI is InChI=1S/C14H17NS/c1-12-2-4-13(5-3-12)10-15-8-6-14-7-9-16-11-14/h2-5,7,9,11,15H,6,8,10H2,1H3. The molecule has 0 amide bonds. The van der Waals surface area contributed by atoms with Gasteiger partial charge >= 0.3 is 0 Å². The zero-order chi connectivity index (χ0) is 11.2. The normalized spacial score (nSPS) is 10.6. The van der Waals surface area contributed by atoms with Gasteiger partial charge in [0.15, 0.2) is 0 Å². The Hall–Kier alpha value is -1.12. The number of hydrogen-bond donors (Lipinski definition) is 1. The molecule has 1 aromatic heterocycles. The Balaban J connectivity index is 1.70. The molecule has 0 fully saturated rings. The lowest BCUT2D eigenvalue weighted by Gasteiger charge is -2.04. The second-order valence-electron chi connectivity index (χ2n) is 4.04. The van der Waals surface area contributed by atoms with Gasteiger partial charge in [-0.2, -0.15) is 11.3 Å². The van der Waals surface area contributed by atoms with Crippen LogP contribution >= 0.6 is 11.3 Å². The Labute approximate surface area is 101 Å². The number of aryl methyl sites for hydroxylation is 1. The molecule has 16 heavy (non-hydrogen) atoms. The third kappa shape index (κ3) is 3.47. The van der Waals surface area contributed by atoms with E-state index in [0.717, 1.165) is 19.5 Å². The van der Waals surface area contributed by atoms with Gasteiger partial charge in [0.1, 0.15) is 0 Å². The fourth-order valence-electron chi connectivity index (χ4n) is 1.61. The van der Waals surface area contributed by atoms with Gasteiger partial charge in [-0.3, -0.25) is 0 Å². The van der Waals surface area contributed by atoms with E-state index in [1.54, 1.807) is 11.3 Å². The van der Waals surface area contributed by atoms with Gasteiger partial charge in [0.05, 0.1) is 0 Å². The van der Waals surface area contributed by atoms with Crippen LogP contribution in [0.5, 0.6) is 0 Å². The molecule has 0 bridgehead atoms. The van der Waals surface area contributed by atoms with Crippen molar-refractivity contribution in [2.75, 3.05) is 6.54 Å². The Morgan fingerprint density at radius 2 is 1.88 bits per heavy atom. The number of rotatable bonds is 5. The molecule has 84 valence electrons. The van der Waals surface area contributed by atoms with Crippen molar-refractivity contribution >= 4 is 11.3 Å². The lowest BCUT2D eigenvalue weighted by Crippen LogP contribution is -2.16. The maximum absolute atomic E-state index is 3.46. The van der Waals surface area contributed by atoms with E-state index in [9.17, 15) is 0 Å². The maximum atomic E-state index is 3.46. The summed E-state index contributed by atoms with van der Waals surface area (Å²) in [7, 11) is 0. The highest BCUT2D eigenvalue weighted by Gasteiger charge is 1.94. The molecule has 1 aromatic carbocycles. The Morgan fingerprint density at radius 1 is 1.06 bits per heavy atom. The molecule has 0 unspecified atom stereocenters. The highest BCUT2D eigenvalue weighted by molar-refractivity contribution is 7.07. The van der Waals surface area contributed by atoms with Gasteiger partial charge in [0.2, 0.25) is 0 Å². The zero-order valence-electron chi connectivity index (χ0n) is 9.57. The Kier molecular flexibility index (Phi) is 4.14. The van der Waals surface area contributed by atoms with Crippen LogP contribution < -0.4 is 5.32 Å². The third-order valence-corrected chi connectivity index (χ3v) is 3.35. The summed E-state index contributed by atoms with van der Waals surface area (Å²) < 4.78 is 0.